The number of rotatable bonds is 6. The molecule has 140 valence electrons. The van der Waals surface area contributed by atoms with Gasteiger partial charge in [0.1, 0.15) is 11.6 Å². The van der Waals surface area contributed by atoms with Crippen LogP contribution in [0.1, 0.15) is 5.56 Å². The van der Waals surface area contributed by atoms with E-state index in [1.165, 1.54) is 23.9 Å². The summed E-state index contributed by atoms with van der Waals surface area (Å²) >= 11 is 1.27. The van der Waals surface area contributed by atoms with Gasteiger partial charge in [-0.05, 0) is 48.9 Å². The van der Waals surface area contributed by atoms with Crippen molar-refractivity contribution < 1.29 is 13.9 Å². The third-order valence-electron chi connectivity index (χ3n) is 3.90. The highest BCUT2D eigenvalue weighted by Gasteiger charge is 2.14. The number of hydrogen-bond acceptors (Lipinski definition) is 5. The molecule has 0 unspecified atom stereocenters. The van der Waals surface area contributed by atoms with Crippen molar-refractivity contribution in [3.63, 3.8) is 0 Å². The lowest BCUT2D eigenvalue weighted by molar-refractivity contribution is -0.113. The Labute approximate surface area is 160 Å². The van der Waals surface area contributed by atoms with Gasteiger partial charge in [-0.3, -0.25) is 4.79 Å². The van der Waals surface area contributed by atoms with Gasteiger partial charge in [0, 0.05) is 12.6 Å². The standard InChI is InChI=1S/C19H19FN4O2S/c1-12-4-9-16(26-3)15(10-12)21-17(25)11-27-19-23-22-18(24(19)2)13-5-7-14(20)8-6-13/h4-10H,11H2,1-3H3,(H,21,25). The van der Waals surface area contributed by atoms with Crippen molar-refractivity contribution in [1.82, 2.24) is 14.8 Å². The highest BCUT2D eigenvalue weighted by Crippen LogP contribution is 2.26. The molecule has 0 saturated carbocycles. The molecule has 3 aromatic rings. The van der Waals surface area contributed by atoms with Gasteiger partial charge in [-0.15, -0.1) is 10.2 Å². The summed E-state index contributed by atoms with van der Waals surface area (Å²) in [6, 6.07) is 11.6. The Morgan fingerprint density at radius 2 is 1.96 bits per heavy atom. The van der Waals surface area contributed by atoms with E-state index in [2.05, 4.69) is 15.5 Å². The molecule has 0 fully saturated rings. The zero-order valence-electron chi connectivity index (χ0n) is 15.2. The lowest BCUT2D eigenvalue weighted by Gasteiger charge is -2.10. The number of carbonyl (C=O) groups is 1. The van der Waals surface area contributed by atoms with E-state index >= 15 is 0 Å². The maximum Gasteiger partial charge on any atom is 0.234 e. The first-order chi connectivity index (χ1) is 13.0. The molecule has 0 aliphatic heterocycles. The number of carbonyl (C=O) groups excluding carboxylic acids is 1. The predicted octanol–water partition coefficient (Wildman–Crippen LogP) is 3.67. The minimum Gasteiger partial charge on any atom is -0.495 e. The van der Waals surface area contributed by atoms with E-state index in [0.29, 0.717) is 22.4 Å². The fourth-order valence-corrected chi connectivity index (χ4v) is 3.24. The Kier molecular flexibility index (Phi) is 5.75. The minimum absolute atomic E-state index is 0.171. The Bertz CT molecular complexity index is 957. The summed E-state index contributed by atoms with van der Waals surface area (Å²) in [5, 5.41) is 11.7. The van der Waals surface area contributed by atoms with Crippen molar-refractivity contribution in [2.75, 3.05) is 18.2 Å². The normalized spacial score (nSPS) is 10.7. The Hall–Kier alpha value is -2.87. The third kappa shape index (κ3) is 4.46. The second-order valence-corrected chi connectivity index (χ2v) is 6.86. The number of aromatic nitrogens is 3. The van der Waals surface area contributed by atoms with Gasteiger partial charge in [0.15, 0.2) is 11.0 Å². The molecular formula is C19H19FN4O2S. The van der Waals surface area contributed by atoms with Gasteiger partial charge in [0.2, 0.25) is 5.91 Å². The molecule has 6 nitrogen and oxygen atoms in total. The number of nitrogens with zero attached hydrogens (tertiary/aromatic N) is 3. The average Bonchev–Trinajstić information content (AvgIpc) is 3.01. The average molecular weight is 386 g/mol. The fraction of sp³-hybridized carbons (Fsp3) is 0.211. The number of amides is 1. The molecule has 1 heterocycles. The summed E-state index contributed by atoms with van der Waals surface area (Å²) in [5.74, 6) is 0.912. The summed E-state index contributed by atoms with van der Waals surface area (Å²) in [4.78, 5) is 12.3. The second-order valence-electron chi connectivity index (χ2n) is 5.91. The van der Waals surface area contributed by atoms with Crippen LogP contribution in [0.25, 0.3) is 11.4 Å². The van der Waals surface area contributed by atoms with E-state index in [1.807, 2.05) is 32.2 Å². The summed E-state index contributed by atoms with van der Waals surface area (Å²) in [5.41, 5.74) is 2.41. The van der Waals surface area contributed by atoms with Crippen LogP contribution < -0.4 is 10.1 Å². The summed E-state index contributed by atoms with van der Waals surface area (Å²) in [7, 11) is 3.37. The zero-order chi connectivity index (χ0) is 19.4. The summed E-state index contributed by atoms with van der Waals surface area (Å²) < 4.78 is 20.1. The zero-order valence-corrected chi connectivity index (χ0v) is 16.0. The number of nitrogens with one attached hydrogen (secondary N) is 1. The van der Waals surface area contributed by atoms with Crippen LogP contribution in [0.2, 0.25) is 0 Å². The van der Waals surface area contributed by atoms with Crippen LogP contribution in [-0.4, -0.2) is 33.5 Å². The number of thioether (sulfide) groups is 1. The van der Waals surface area contributed by atoms with E-state index in [1.54, 1.807) is 23.8 Å². The van der Waals surface area contributed by atoms with Gasteiger partial charge in [-0.25, -0.2) is 4.39 Å². The molecule has 0 radical (unpaired) electrons. The molecule has 0 aliphatic rings. The van der Waals surface area contributed by atoms with Crippen LogP contribution in [-0.2, 0) is 11.8 Å². The summed E-state index contributed by atoms with van der Waals surface area (Å²) in [6.45, 7) is 1.94. The molecule has 1 aromatic heterocycles. The van der Waals surface area contributed by atoms with Crippen LogP contribution in [0.15, 0.2) is 47.6 Å². The van der Waals surface area contributed by atoms with Gasteiger partial charge < -0.3 is 14.6 Å². The Morgan fingerprint density at radius 1 is 1.22 bits per heavy atom. The Morgan fingerprint density at radius 3 is 2.67 bits per heavy atom. The third-order valence-corrected chi connectivity index (χ3v) is 4.92. The molecular weight excluding hydrogens is 367 g/mol. The van der Waals surface area contributed by atoms with E-state index in [-0.39, 0.29) is 17.5 Å². The van der Waals surface area contributed by atoms with Crippen molar-refractivity contribution in [3.8, 4) is 17.1 Å². The topological polar surface area (TPSA) is 69.0 Å². The molecule has 8 heteroatoms. The molecule has 27 heavy (non-hydrogen) atoms. The smallest absolute Gasteiger partial charge is 0.234 e. The molecule has 1 N–H and O–H groups in total. The van der Waals surface area contributed by atoms with Crippen molar-refractivity contribution in [2.24, 2.45) is 7.05 Å². The van der Waals surface area contributed by atoms with Crippen LogP contribution in [0.5, 0.6) is 5.75 Å². The fourth-order valence-electron chi connectivity index (χ4n) is 2.53. The largest absolute Gasteiger partial charge is 0.495 e. The van der Waals surface area contributed by atoms with Crippen molar-refractivity contribution in [1.29, 1.82) is 0 Å². The van der Waals surface area contributed by atoms with Crippen LogP contribution in [0.4, 0.5) is 10.1 Å². The number of aryl methyl sites for hydroxylation is 1. The molecule has 3 rings (SSSR count). The highest BCUT2D eigenvalue weighted by atomic mass is 32.2. The minimum atomic E-state index is -0.307. The van der Waals surface area contributed by atoms with Crippen molar-refractivity contribution >= 4 is 23.4 Å². The molecule has 0 atom stereocenters. The van der Waals surface area contributed by atoms with E-state index < -0.39 is 0 Å². The maximum atomic E-state index is 13.1. The molecule has 1 amide bonds. The molecule has 0 saturated heterocycles. The molecule has 0 aliphatic carbocycles. The first kappa shape index (κ1) is 18.9. The number of hydrogen-bond donors (Lipinski definition) is 1. The highest BCUT2D eigenvalue weighted by molar-refractivity contribution is 7.99. The van der Waals surface area contributed by atoms with Crippen molar-refractivity contribution in [3.05, 3.63) is 53.8 Å². The number of benzene rings is 2. The van der Waals surface area contributed by atoms with Gasteiger partial charge in [-0.2, -0.15) is 0 Å². The van der Waals surface area contributed by atoms with E-state index in [9.17, 15) is 9.18 Å². The van der Waals surface area contributed by atoms with Gasteiger partial charge in [-0.1, -0.05) is 17.8 Å². The van der Waals surface area contributed by atoms with Gasteiger partial charge >= 0.3 is 0 Å². The number of anilines is 1. The predicted molar refractivity (Wildman–Crippen MR) is 103 cm³/mol. The van der Waals surface area contributed by atoms with Crippen molar-refractivity contribution in [2.45, 2.75) is 12.1 Å². The first-order valence-electron chi connectivity index (χ1n) is 8.20. The van der Waals surface area contributed by atoms with Crippen LogP contribution >= 0.6 is 11.8 Å². The number of ether oxygens (including phenoxy) is 1. The lowest BCUT2D eigenvalue weighted by Crippen LogP contribution is -2.15. The molecule has 2 aromatic carbocycles. The van der Waals surface area contributed by atoms with Crippen LogP contribution in [0, 0.1) is 12.7 Å². The van der Waals surface area contributed by atoms with E-state index in [4.69, 9.17) is 4.74 Å². The monoisotopic (exact) mass is 386 g/mol. The van der Waals surface area contributed by atoms with Gasteiger partial charge in [0.25, 0.3) is 0 Å². The quantitative estimate of drug-likeness (QED) is 0.655. The SMILES string of the molecule is COc1ccc(C)cc1NC(=O)CSc1nnc(-c2ccc(F)cc2)n1C. The summed E-state index contributed by atoms with van der Waals surface area (Å²) in [6.07, 6.45) is 0. The lowest BCUT2D eigenvalue weighted by atomic mass is 10.2. The van der Waals surface area contributed by atoms with Gasteiger partial charge in [0.05, 0.1) is 18.6 Å². The maximum absolute atomic E-state index is 13.1. The number of methoxy groups -OCH3 is 1. The second kappa shape index (κ2) is 8.22. The van der Waals surface area contributed by atoms with E-state index in [0.717, 1.165) is 11.1 Å². The van der Waals surface area contributed by atoms with Crippen LogP contribution in [0.3, 0.4) is 0 Å². The Balaban J connectivity index is 1.66. The number of halogens is 1. The molecule has 0 bridgehead atoms. The molecule has 0 spiro atoms. The first-order valence-corrected chi connectivity index (χ1v) is 9.19.